The molecule has 3 rings (SSSR count). The van der Waals surface area contributed by atoms with Gasteiger partial charge in [-0.3, -0.25) is 10.1 Å². The predicted molar refractivity (Wildman–Crippen MR) is 94.8 cm³/mol. The number of sulfonamides is 1. The van der Waals surface area contributed by atoms with Crippen molar-refractivity contribution in [1.82, 2.24) is 13.9 Å². The summed E-state index contributed by atoms with van der Waals surface area (Å²) in [7, 11) is -3.73. The maximum Gasteiger partial charge on any atom is 0.269 e. The SMILES string of the molecule is CC(C)n1cnc(S(=O)(=O)N2CCSC2c2ccc([N+](=O)[O-])cc2)c1. The molecule has 1 aromatic heterocycles. The molecule has 1 fully saturated rings. The molecule has 0 amide bonds. The Balaban J connectivity index is 1.90. The molecule has 25 heavy (non-hydrogen) atoms. The van der Waals surface area contributed by atoms with Gasteiger partial charge in [-0.2, -0.15) is 4.31 Å². The Morgan fingerprint density at radius 2 is 2.00 bits per heavy atom. The molecule has 134 valence electrons. The monoisotopic (exact) mass is 382 g/mol. The van der Waals surface area contributed by atoms with Gasteiger partial charge in [0.25, 0.3) is 15.7 Å². The summed E-state index contributed by atoms with van der Waals surface area (Å²) in [5.74, 6) is 0.659. The van der Waals surface area contributed by atoms with Crippen LogP contribution in [0.4, 0.5) is 5.69 Å². The minimum Gasteiger partial charge on any atom is -0.334 e. The number of nitrogens with zero attached hydrogens (tertiary/aromatic N) is 4. The Hall–Kier alpha value is -1.91. The highest BCUT2D eigenvalue weighted by Crippen LogP contribution is 2.41. The molecule has 2 heterocycles. The Morgan fingerprint density at radius 3 is 2.56 bits per heavy atom. The lowest BCUT2D eigenvalue weighted by molar-refractivity contribution is -0.384. The van der Waals surface area contributed by atoms with Crippen LogP contribution in [0, 0.1) is 10.1 Å². The second kappa shape index (κ2) is 6.77. The molecule has 0 aliphatic carbocycles. The van der Waals surface area contributed by atoms with E-state index in [-0.39, 0.29) is 16.8 Å². The molecule has 1 aliphatic heterocycles. The zero-order valence-electron chi connectivity index (χ0n) is 13.8. The normalized spacial score (nSPS) is 18.8. The molecule has 0 spiro atoms. The van der Waals surface area contributed by atoms with Crippen LogP contribution in [0.3, 0.4) is 0 Å². The van der Waals surface area contributed by atoms with Gasteiger partial charge in [-0.15, -0.1) is 11.8 Å². The number of thioether (sulfide) groups is 1. The molecule has 10 heteroatoms. The molecule has 1 saturated heterocycles. The molecule has 1 atom stereocenters. The standard InChI is InChI=1S/C15H18N4O4S2/c1-11(2)17-9-14(16-10-17)25(22,23)18-7-8-24-15(18)12-3-5-13(6-4-12)19(20)21/h3-6,9-11,15H,7-8H2,1-2H3. The van der Waals surface area contributed by atoms with Crippen LogP contribution in [0.1, 0.15) is 30.8 Å². The van der Waals surface area contributed by atoms with E-state index in [0.717, 1.165) is 5.56 Å². The van der Waals surface area contributed by atoms with Crippen molar-refractivity contribution in [3.63, 3.8) is 0 Å². The summed E-state index contributed by atoms with van der Waals surface area (Å²) in [5.41, 5.74) is 0.705. The van der Waals surface area contributed by atoms with Gasteiger partial charge in [0.1, 0.15) is 0 Å². The fraction of sp³-hybridized carbons (Fsp3) is 0.400. The van der Waals surface area contributed by atoms with E-state index in [1.165, 1.54) is 40.7 Å². The van der Waals surface area contributed by atoms with Crippen molar-refractivity contribution in [3.8, 4) is 0 Å². The number of nitro groups is 1. The second-order valence-corrected chi connectivity index (χ2v) is 8.97. The number of non-ortho nitro benzene ring substituents is 1. The summed E-state index contributed by atoms with van der Waals surface area (Å²) in [5, 5.41) is 10.4. The zero-order valence-corrected chi connectivity index (χ0v) is 15.4. The summed E-state index contributed by atoms with van der Waals surface area (Å²) in [6.07, 6.45) is 3.05. The Kier molecular flexibility index (Phi) is 4.85. The van der Waals surface area contributed by atoms with Crippen LogP contribution in [0.25, 0.3) is 0 Å². The van der Waals surface area contributed by atoms with Gasteiger partial charge in [0.15, 0.2) is 5.03 Å². The van der Waals surface area contributed by atoms with Gasteiger partial charge < -0.3 is 4.57 Å². The van der Waals surface area contributed by atoms with Crippen LogP contribution >= 0.6 is 11.8 Å². The molecule has 0 radical (unpaired) electrons. The number of hydrogen-bond acceptors (Lipinski definition) is 6. The lowest BCUT2D eigenvalue weighted by Crippen LogP contribution is -2.30. The fourth-order valence-electron chi connectivity index (χ4n) is 2.58. The fourth-order valence-corrected chi connectivity index (χ4v) is 5.74. The summed E-state index contributed by atoms with van der Waals surface area (Å²) in [6.45, 7) is 4.27. The van der Waals surface area contributed by atoms with Gasteiger partial charge in [-0.25, -0.2) is 13.4 Å². The van der Waals surface area contributed by atoms with E-state index in [0.29, 0.717) is 12.3 Å². The molecule has 1 unspecified atom stereocenters. The Labute approximate surface area is 150 Å². The van der Waals surface area contributed by atoms with E-state index in [9.17, 15) is 18.5 Å². The van der Waals surface area contributed by atoms with Gasteiger partial charge in [0.2, 0.25) is 0 Å². The zero-order chi connectivity index (χ0) is 18.2. The van der Waals surface area contributed by atoms with Crippen LogP contribution in [0.5, 0.6) is 0 Å². The summed E-state index contributed by atoms with van der Waals surface area (Å²) in [4.78, 5) is 14.4. The van der Waals surface area contributed by atoms with E-state index < -0.39 is 20.3 Å². The van der Waals surface area contributed by atoms with Crippen LogP contribution < -0.4 is 0 Å². The largest absolute Gasteiger partial charge is 0.334 e. The van der Waals surface area contributed by atoms with Crippen molar-refractivity contribution in [3.05, 3.63) is 52.5 Å². The lowest BCUT2D eigenvalue weighted by atomic mass is 10.2. The predicted octanol–water partition coefficient (Wildman–Crippen LogP) is 2.81. The summed E-state index contributed by atoms with van der Waals surface area (Å²) in [6, 6.07) is 6.13. The molecule has 2 aromatic rings. The van der Waals surface area contributed by atoms with E-state index >= 15 is 0 Å². The van der Waals surface area contributed by atoms with Gasteiger partial charge in [-0.1, -0.05) is 0 Å². The lowest BCUT2D eigenvalue weighted by Gasteiger charge is -2.22. The maximum absolute atomic E-state index is 13.0. The number of rotatable bonds is 5. The third-order valence-electron chi connectivity index (χ3n) is 3.99. The van der Waals surface area contributed by atoms with Crippen molar-refractivity contribution in [1.29, 1.82) is 0 Å². The molecule has 0 saturated carbocycles. The van der Waals surface area contributed by atoms with Gasteiger partial charge in [0, 0.05) is 36.7 Å². The maximum atomic E-state index is 13.0. The van der Waals surface area contributed by atoms with Crippen molar-refractivity contribution in [2.75, 3.05) is 12.3 Å². The van der Waals surface area contributed by atoms with Crippen LogP contribution in [-0.2, 0) is 10.0 Å². The smallest absolute Gasteiger partial charge is 0.269 e. The molecule has 0 N–H and O–H groups in total. The first-order chi connectivity index (χ1) is 11.8. The van der Waals surface area contributed by atoms with E-state index in [1.54, 1.807) is 16.7 Å². The molecule has 8 nitrogen and oxygen atoms in total. The highest BCUT2D eigenvalue weighted by molar-refractivity contribution is 8.00. The first-order valence-electron chi connectivity index (χ1n) is 7.72. The van der Waals surface area contributed by atoms with Crippen LogP contribution in [0.2, 0.25) is 0 Å². The van der Waals surface area contributed by atoms with Crippen molar-refractivity contribution in [2.45, 2.75) is 30.3 Å². The highest BCUT2D eigenvalue weighted by Gasteiger charge is 2.38. The molecular weight excluding hydrogens is 364 g/mol. The van der Waals surface area contributed by atoms with E-state index in [1.807, 2.05) is 13.8 Å². The van der Waals surface area contributed by atoms with Crippen molar-refractivity contribution >= 4 is 27.5 Å². The number of imidazole rings is 1. The van der Waals surface area contributed by atoms with Crippen LogP contribution in [-0.4, -0.2) is 39.5 Å². The quantitative estimate of drug-likeness (QED) is 0.582. The van der Waals surface area contributed by atoms with E-state index in [4.69, 9.17) is 0 Å². The first kappa shape index (κ1) is 17.9. The Bertz CT molecular complexity index is 877. The summed E-state index contributed by atoms with van der Waals surface area (Å²) >= 11 is 1.49. The van der Waals surface area contributed by atoms with Gasteiger partial charge >= 0.3 is 0 Å². The number of nitro benzene ring substituents is 1. The Morgan fingerprint density at radius 1 is 1.32 bits per heavy atom. The third kappa shape index (κ3) is 3.42. The molecule has 1 aromatic carbocycles. The van der Waals surface area contributed by atoms with E-state index in [2.05, 4.69) is 4.98 Å². The average molecular weight is 382 g/mol. The number of hydrogen-bond donors (Lipinski definition) is 0. The van der Waals surface area contributed by atoms with Crippen molar-refractivity contribution in [2.24, 2.45) is 0 Å². The number of benzene rings is 1. The number of aromatic nitrogens is 2. The van der Waals surface area contributed by atoms with Gasteiger partial charge in [0.05, 0.1) is 16.6 Å². The van der Waals surface area contributed by atoms with Crippen molar-refractivity contribution < 1.29 is 13.3 Å². The molecule has 0 bridgehead atoms. The molecular formula is C15H18N4O4S2. The topological polar surface area (TPSA) is 98.3 Å². The first-order valence-corrected chi connectivity index (χ1v) is 10.2. The average Bonchev–Trinajstić information content (AvgIpc) is 3.25. The highest BCUT2D eigenvalue weighted by atomic mass is 32.2. The summed E-state index contributed by atoms with van der Waals surface area (Å²) < 4.78 is 29.1. The minimum absolute atomic E-state index is 0.0168. The van der Waals surface area contributed by atoms with Crippen LogP contribution in [0.15, 0.2) is 41.8 Å². The second-order valence-electron chi connectivity index (χ2n) is 5.94. The third-order valence-corrected chi connectivity index (χ3v) is 7.13. The van der Waals surface area contributed by atoms with Gasteiger partial charge in [-0.05, 0) is 31.5 Å². The minimum atomic E-state index is -3.73. The molecule has 1 aliphatic rings.